The van der Waals surface area contributed by atoms with E-state index in [-0.39, 0.29) is 0 Å². The molecule has 11 heavy (non-hydrogen) atoms. The van der Waals surface area contributed by atoms with Crippen molar-refractivity contribution in [2.24, 2.45) is 5.10 Å². The highest BCUT2D eigenvalue weighted by Gasteiger charge is 2.22. The lowest BCUT2D eigenvalue weighted by Gasteiger charge is -1.89. The van der Waals surface area contributed by atoms with E-state index in [1.807, 2.05) is 25.4 Å². The second-order valence-electron chi connectivity index (χ2n) is 2.31. The molecule has 4 heteroatoms. The van der Waals surface area contributed by atoms with E-state index in [1.54, 1.807) is 11.2 Å². The van der Waals surface area contributed by atoms with Gasteiger partial charge in [0.2, 0.25) is 0 Å². The lowest BCUT2D eigenvalue weighted by Crippen LogP contribution is -2.05. The highest BCUT2D eigenvalue weighted by atomic mass is 15.5. The molecular formula is C7H8N4+. The third-order valence-corrected chi connectivity index (χ3v) is 1.56. The number of aryl methyl sites for hydroxylation is 1. The summed E-state index contributed by atoms with van der Waals surface area (Å²) in [7, 11) is 0. The standard InChI is InChI=1S/C7H8N4/c1-6-7(5-8-10-6)11-4-2-3-9-11/h2-5H,1H3,(H,8,10)/q+1. The maximum Gasteiger partial charge on any atom is 0.258 e. The van der Waals surface area contributed by atoms with Crippen LogP contribution in [0.3, 0.4) is 0 Å². The quantitative estimate of drug-likeness (QED) is 0.593. The van der Waals surface area contributed by atoms with E-state index in [9.17, 15) is 0 Å². The molecular weight excluding hydrogens is 140 g/mol. The minimum Gasteiger partial charge on any atom is -0.279 e. The fraction of sp³-hybridized carbons (Fsp3) is 0.143. The van der Waals surface area contributed by atoms with E-state index in [2.05, 4.69) is 15.3 Å². The first kappa shape index (κ1) is 6.30. The highest BCUT2D eigenvalue weighted by Crippen LogP contribution is 2.17. The summed E-state index contributed by atoms with van der Waals surface area (Å²) < 4.78 is 0. The smallest absolute Gasteiger partial charge is 0.258 e. The summed E-state index contributed by atoms with van der Waals surface area (Å²) in [4.78, 5) is 0. The molecule has 1 aliphatic rings. The summed E-state index contributed by atoms with van der Waals surface area (Å²) >= 11 is 0. The van der Waals surface area contributed by atoms with Crippen LogP contribution in [0.1, 0.15) is 5.69 Å². The van der Waals surface area contributed by atoms with Gasteiger partial charge in [0.1, 0.15) is 5.69 Å². The highest BCUT2D eigenvalue weighted by molar-refractivity contribution is 5.74. The number of hydrogen-bond acceptors (Lipinski definition) is 3. The van der Waals surface area contributed by atoms with Gasteiger partial charge in [0.25, 0.3) is 5.69 Å². The minimum absolute atomic E-state index is 0.953. The first-order chi connectivity index (χ1) is 5.38. The molecule has 0 fully saturated rings. The summed E-state index contributed by atoms with van der Waals surface area (Å²) in [5.41, 5.74) is 1.95. The second-order valence-corrected chi connectivity index (χ2v) is 2.31. The van der Waals surface area contributed by atoms with Gasteiger partial charge in [-0.3, -0.25) is 5.10 Å². The van der Waals surface area contributed by atoms with Crippen molar-refractivity contribution in [3.8, 4) is 0 Å². The Labute approximate surface area is 64.2 Å². The Bertz CT molecular complexity index is 298. The normalized spacial score (nSPS) is 16.5. The van der Waals surface area contributed by atoms with E-state index in [0.717, 1.165) is 11.4 Å². The predicted octanol–water partition coefficient (Wildman–Crippen LogP) is 1.00. The molecule has 0 saturated carbocycles. The molecule has 0 atom stereocenters. The Balaban J connectivity index is 2.36. The summed E-state index contributed by atoms with van der Waals surface area (Å²) in [6.07, 6.45) is 7.33. The second kappa shape index (κ2) is 2.32. The first-order valence-corrected chi connectivity index (χ1v) is 3.38. The number of nitrogens with zero attached hydrogens (tertiary/aromatic N) is 3. The van der Waals surface area contributed by atoms with E-state index < -0.39 is 0 Å². The molecule has 0 amide bonds. The number of nitrogens with one attached hydrogen (secondary N) is 1. The van der Waals surface area contributed by atoms with Crippen molar-refractivity contribution in [1.29, 1.82) is 0 Å². The van der Waals surface area contributed by atoms with Crippen LogP contribution in [0.25, 0.3) is 0 Å². The SMILES string of the molecule is Cc1n[nH]cc1[N+]1C=CC=N1. The number of allylic oxidation sites excluding steroid dienone is 1. The van der Waals surface area contributed by atoms with Crippen molar-refractivity contribution in [3.63, 3.8) is 0 Å². The first-order valence-electron chi connectivity index (χ1n) is 3.38. The van der Waals surface area contributed by atoms with Crippen molar-refractivity contribution in [2.75, 3.05) is 0 Å². The summed E-state index contributed by atoms with van der Waals surface area (Å²) in [5.74, 6) is 0. The van der Waals surface area contributed by atoms with Crippen molar-refractivity contribution in [1.82, 2.24) is 15.2 Å². The Morgan fingerprint density at radius 3 is 3.00 bits per heavy atom. The third-order valence-electron chi connectivity index (χ3n) is 1.56. The van der Waals surface area contributed by atoms with E-state index >= 15 is 0 Å². The molecule has 1 aromatic rings. The maximum absolute atomic E-state index is 4.08. The molecule has 2 rings (SSSR count). The number of H-pyrrole nitrogens is 1. The Kier molecular flexibility index (Phi) is 1.33. The van der Waals surface area contributed by atoms with Gasteiger partial charge >= 0.3 is 0 Å². The Morgan fingerprint density at radius 1 is 1.55 bits per heavy atom. The van der Waals surface area contributed by atoms with Crippen LogP contribution in [0.4, 0.5) is 5.69 Å². The van der Waals surface area contributed by atoms with Crippen LogP contribution in [-0.4, -0.2) is 16.4 Å². The van der Waals surface area contributed by atoms with Gasteiger partial charge in [-0.15, -0.1) is 0 Å². The van der Waals surface area contributed by atoms with Crippen molar-refractivity contribution < 1.29 is 0 Å². The van der Waals surface area contributed by atoms with Crippen molar-refractivity contribution >= 4 is 11.9 Å². The molecule has 0 spiro atoms. The summed E-state index contributed by atoms with van der Waals surface area (Å²) in [6, 6.07) is 0. The number of anilines is 1. The van der Waals surface area contributed by atoms with Gasteiger partial charge in [0.15, 0.2) is 6.20 Å². The van der Waals surface area contributed by atoms with Gasteiger partial charge in [0, 0.05) is 11.1 Å². The molecule has 2 heterocycles. The minimum atomic E-state index is 0.953. The number of hydrogen-bond donors (Lipinski definition) is 1. The van der Waals surface area contributed by atoms with Crippen LogP contribution in [0.5, 0.6) is 0 Å². The monoisotopic (exact) mass is 148 g/mol. The fourth-order valence-electron chi connectivity index (χ4n) is 0.995. The summed E-state index contributed by atoms with van der Waals surface area (Å²) in [6.45, 7) is 1.94. The van der Waals surface area contributed by atoms with Crippen LogP contribution < -0.4 is 5.01 Å². The average molecular weight is 148 g/mol. The van der Waals surface area contributed by atoms with Gasteiger partial charge in [0.05, 0.1) is 12.4 Å². The van der Waals surface area contributed by atoms with Crippen LogP contribution in [0, 0.1) is 6.92 Å². The van der Waals surface area contributed by atoms with Crippen LogP contribution in [0.2, 0.25) is 0 Å². The average Bonchev–Trinajstić information content (AvgIpc) is 2.55. The van der Waals surface area contributed by atoms with Crippen LogP contribution in [-0.2, 0) is 0 Å². The molecule has 0 aromatic carbocycles. The number of hydrazone groups is 1. The Morgan fingerprint density at radius 2 is 2.45 bits per heavy atom. The van der Waals surface area contributed by atoms with E-state index in [1.165, 1.54) is 0 Å². The maximum atomic E-state index is 4.08. The van der Waals surface area contributed by atoms with E-state index in [0.29, 0.717) is 0 Å². The van der Waals surface area contributed by atoms with Crippen molar-refractivity contribution in [3.05, 3.63) is 24.2 Å². The van der Waals surface area contributed by atoms with Crippen molar-refractivity contribution in [2.45, 2.75) is 6.92 Å². The van der Waals surface area contributed by atoms with Gasteiger partial charge < -0.3 is 0 Å². The number of aromatic amines is 1. The zero-order valence-electron chi connectivity index (χ0n) is 6.15. The predicted molar refractivity (Wildman–Crippen MR) is 42.8 cm³/mol. The molecule has 0 bridgehead atoms. The largest absolute Gasteiger partial charge is 0.279 e. The lowest BCUT2D eigenvalue weighted by molar-refractivity contribution is 0.749. The number of aromatic nitrogens is 2. The van der Waals surface area contributed by atoms with Gasteiger partial charge in [-0.2, -0.15) is 5.10 Å². The fourth-order valence-corrected chi connectivity index (χ4v) is 0.995. The van der Waals surface area contributed by atoms with E-state index in [4.69, 9.17) is 0 Å². The van der Waals surface area contributed by atoms with Crippen LogP contribution in [0.15, 0.2) is 23.6 Å². The molecule has 1 radical (unpaired) electrons. The molecule has 0 unspecified atom stereocenters. The topological polar surface area (TPSA) is 46.9 Å². The Hall–Kier alpha value is -1.42. The molecule has 4 nitrogen and oxygen atoms in total. The zero-order chi connectivity index (χ0) is 7.68. The lowest BCUT2D eigenvalue weighted by atomic mass is 10.4. The zero-order valence-corrected chi connectivity index (χ0v) is 6.15. The number of rotatable bonds is 1. The molecule has 55 valence electrons. The molecule has 1 aromatic heterocycles. The molecule has 0 aliphatic carbocycles. The summed E-state index contributed by atoms with van der Waals surface area (Å²) in [5, 5.41) is 12.6. The molecule has 1 aliphatic heterocycles. The van der Waals surface area contributed by atoms with Gasteiger partial charge in [-0.25, -0.2) is 0 Å². The van der Waals surface area contributed by atoms with Gasteiger partial charge in [-0.05, 0) is 12.0 Å². The molecule has 0 saturated heterocycles. The third kappa shape index (κ3) is 0.969. The molecule has 1 N–H and O–H groups in total. The van der Waals surface area contributed by atoms with Gasteiger partial charge in [-0.1, -0.05) is 0 Å². The van der Waals surface area contributed by atoms with Crippen LogP contribution >= 0.6 is 0 Å².